The van der Waals surface area contributed by atoms with E-state index < -0.39 is 11.7 Å². The number of hydrogen-bond donors (Lipinski definition) is 2. The van der Waals surface area contributed by atoms with Crippen molar-refractivity contribution in [2.45, 2.75) is 83.7 Å². The molecule has 2 amide bonds. The highest BCUT2D eigenvalue weighted by Gasteiger charge is 2.43. The molecule has 0 spiro atoms. The van der Waals surface area contributed by atoms with Crippen LogP contribution in [-0.4, -0.2) is 48.4 Å². The molecule has 6 rings (SSSR count). The molecule has 2 N–H and O–H groups in total. The first-order valence-corrected chi connectivity index (χ1v) is 16.3. The van der Waals surface area contributed by atoms with E-state index in [0.29, 0.717) is 31.0 Å². The maximum atomic E-state index is 15.0. The topological polar surface area (TPSA) is 64.7 Å². The van der Waals surface area contributed by atoms with Gasteiger partial charge in [-0.15, -0.1) is 0 Å². The van der Waals surface area contributed by atoms with Crippen LogP contribution >= 0.6 is 0 Å². The summed E-state index contributed by atoms with van der Waals surface area (Å²) in [5.41, 5.74) is 5.01. The Kier molecular flexibility index (Phi) is 8.87. The predicted octanol–water partition coefficient (Wildman–Crippen LogP) is 6.89. The lowest BCUT2D eigenvalue weighted by Gasteiger charge is -2.44. The summed E-state index contributed by atoms with van der Waals surface area (Å²) in [6, 6.07) is 11.0. The minimum atomic E-state index is -0.508. The molecule has 2 heterocycles. The number of carbonyl (C=O) groups is 2. The molecule has 0 aromatic heterocycles. The van der Waals surface area contributed by atoms with Crippen LogP contribution in [0.15, 0.2) is 60.3 Å². The minimum Gasteiger partial charge on any atom is -0.383 e. The van der Waals surface area contributed by atoms with Gasteiger partial charge in [0.05, 0.1) is 17.5 Å². The third-order valence-electron chi connectivity index (χ3n) is 9.94. The van der Waals surface area contributed by atoms with Gasteiger partial charge in [0.15, 0.2) is 0 Å². The van der Waals surface area contributed by atoms with Crippen LogP contribution < -0.4 is 15.5 Å². The van der Waals surface area contributed by atoms with Crippen molar-refractivity contribution in [3.05, 3.63) is 82.8 Å². The van der Waals surface area contributed by atoms with Crippen LogP contribution in [0.1, 0.15) is 79.3 Å². The molecule has 2 aromatic carbocycles. The van der Waals surface area contributed by atoms with E-state index in [1.54, 1.807) is 24.0 Å². The quantitative estimate of drug-likeness (QED) is 0.372. The lowest BCUT2D eigenvalue weighted by Crippen LogP contribution is -2.55. The number of likely N-dealkylation sites (tertiary alicyclic amines) is 1. The van der Waals surface area contributed by atoms with Crippen LogP contribution in [0, 0.1) is 31.5 Å². The van der Waals surface area contributed by atoms with E-state index in [4.69, 9.17) is 0 Å². The summed E-state index contributed by atoms with van der Waals surface area (Å²) in [7, 11) is 0. The van der Waals surface area contributed by atoms with Crippen molar-refractivity contribution in [1.29, 1.82) is 0 Å². The Morgan fingerprint density at radius 3 is 2.42 bits per heavy atom. The molecule has 4 aliphatic rings. The van der Waals surface area contributed by atoms with Gasteiger partial charge < -0.3 is 20.4 Å². The van der Waals surface area contributed by atoms with Crippen molar-refractivity contribution in [2.75, 3.05) is 29.9 Å². The summed E-state index contributed by atoms with van der Waals surface area (Å²) in [6.07, 6.45) is 15.9. The van der Waals surface area contributed by atoms with Crippen molar-refractivity contribution in [1.82, 2.24) is 10.2 Å². The van der Waals surface area contributed by atoms with Gasteiger partial charge in [-0.25, -0.2) is 4.39 Å². The normalized spacial score (nSPS) is 24.3. The molecule has 2 aromatic rings. The van der Waals surface area contributed by atoms with Gasteiger partial charge in [0, 0.05) is 48.7 Å². The molecule has 0 radical (unpaired) electrons. The van der Waals surface area contributed by atoms with E-state index in [-0.39, 0.29) is 29.3 Å². The Morgan fingerprint density at radius 1 is 0.907 bits per heavy atom. The van der Waals surface area contributed by atoms with Crippen LogP contribution in [0.25, 0.3) is 0 Å². The Labute approximate surface area is 255 Å². The highest BCUT2D eigenvalue weighted by molar-refractivity contribution is 5.98. The van der Waals surface area contributed by atoms with Gasteiger partial charge in [-0.2, -0.15) is 0 Å². The standard InChI is InChI=1S/C36H45FN4O2/c1-24-14-17-29(23-32(24)40-20-5-6-21-40)39-35(42)30-12-8-22-41(36(43)33-25(2)9-7-13-31(33)37)34(30)26-15-18-28(19-16-26)38-27-10-3-4-11-27/h7,9,13-15,17-19,23,26-27,30,34,38H,3-6,8,10-12,16,20-22H2,1-2H3,(H,39,42)/t26-,30?,34?/m1/s1. The molecule has 0 bridgehead atoms. The number of rotatable bonds is 7. The molecular weight excluding hydrogens is 539 g/mol. The molecule has 43 heavy (non-hydrogen) atoms. The van der Waals surface area contributed by atoms with Crippen molar-refractivity contribution in [3.8, 4) is 0 Å². The molecule has 2 saturated heterocycles. The third-order valence-corrected chi connectivity index (χ3v) is 9.94. The first-order chi connectivity index (χ1) is 20.9. The Bertz CT molecular complexity index is 1390. The van der Waals surface area contributed by atoms with Crippen LogP contribution in [0.5, 0.6) is 0 Å². The number of hydrogen-bond acceptors (Lipinski definition) is 4. The first kappa shape index (κ1) is 29.5. The maximum Gasteiger partial charge on any atom is 0.257 e. The van der Waals surface area contributed by atoms with E-state index >= 15 is 4.39 Å². The molecule has 1 saturated carbocycles. The van der Waals surface area contributed by atoms with Gasteiger partial charge in [0.2, 0.25) is 5.91 Å². The fourth-order valence-corrected chi connectivity index (χ4v) is 7.64. The number of anilines is 2. The second-order valence-electron chi connectivity index (χ2n) is 12.9. The fraction of sp³-hybridized carbons (Fsp3) is 0.500. The molecule has 6 nitrogen and oxygen atoms in total. The second-order valence-corrected chi connectivity index (χ2v) is 12.9. The predicted molar refractivity (Wildman–Crippen MR) is 171 cm³/mol. The summed E-state index contributed by atoms with van der Waals surface area (Å²) < 4.78 is 15.0. The molecule has 3 atom stereocenters. The number of allylic oxidation sites excluding steroid dienone is 2. The number of benzene rings is 2. The lowest BCUT2D eigenvalue weighted by atomic mass is 9.77. The van der Waals surface area contributed by atoms with E-state index in [0.717, 1.165) is 30.9 Å². The average molecular weight is 585 g/mol. The van der Waals surface area contributed by atoms with E-state index in [1.807, 2.05) is 6.07 Å². The van der Waals surface area contributed by atoms with Crippen molar-refractivity contribution < 1.29 is 14.0 Å². The van der Waals surface area contributed by atoms with Gasteiger partial charge in [-0.05, 0) is 94.2 Å². The summed E-state index contributed by atoms with van der Waals surface area (Å²) in [5, 5.41) is 6.90. The van der Waals surface area contributed by atoms with Crippen molar-refractivity contribution in [2.24, 2.45) is 11.8 Å². The average Bonchev–Trinajstić information content (AvgIpc) is 3.73. The first-order valence-electron chi connectivity index (χ1n) is 16.3. The highest BCUT2D eigenvalue weighted by Crippen LogP contribution is 2.37. The summed E-state index contributed by atoms with van der Waals surface area (Å²) in [6.45, 7) is 6.47. The lowest BCUT2D eigenvalue weighted by molar-refractivity contribution is -0.123. The van der Waals surface area contributed by atoms with Gasteiger partial charge in [0.1, 0.15) is 5.82 Å². The van der Waals surface area contributed by atoms with E-state index in [9.17, 15) is 9.59 Å². The Hall–Kier alpha value is -3.61. The zero-order chi connectivity index (χ0) is 29.9. The Morgan fingerprint density at radius 2 is 1.70 bits per heavy atom. The second kappa shape index (κ2) is 12.9. The number of amides is 2. The number of carbonyl (C=O) groups excluding carboxylic acids is 2. The monoisotopic (exact) mass is 584 g/mol. The third kappa shape index (κ3) is 6.36. The maximum absolute atomic E-state index is 15.0. The van der Waals surface area contributed by atoms with Crippen molar-refractivity contribution >= 4 is 23.2 Å². The van der Waals surface area contributed by atoms with Gasteiger partial charge in [-0.1, -0.05) is 43.2 Å². The van der Waals surface area contributed by atoms with Crippen molar-refractivity contribution in [3.63, 3.8) is 0 Å². The van der Waals surface area contributed by atoms with Crippen LogP contribution in [0.3, 0.4) is 0 Å². The van der Waals surface area contributed by atoms with Gasteiger partial charge in [0.25, 0.3) is 5.91 Å². The molecular formula is C36H45FN4O2. The number of nitrogens with one attached hydrogen (secondary N) is 2. The van der Waals surface area contributed by atoms with E-state index in [2.05, 4.69) is 52.8 Å². The smallest absolute Gasteiger partial charge is 0.257 e. The molecule has 7 heteroatoms. The highest BCUT2D eigenvalue weighted by atomic mass is 19.1. The molecule has 3 fully saturated rings. The zero-order valence-electron chi connectivity index (χ0n) is 25.6. The van der Waals surface area contributed by atoms with Gasteiger partial charge >= 0.3 is 0 Å². The molecule has 2 aliphatic heterocycles. The van der Waals surface area contributed by atoms with Crippen LogP contribution in [0.4, 0.5) is 15.8 Å². The molecule has 2 unspecified atom stereocenters. The molecule has 2 aliphatic carbocycles. The van der Waals surface area contributed by atoms with E-state index in [1.165, 1.54) is 55.8 Å². The number of piperidine rings is 1. The number of halogens is 1. The van der Waals surface area contributed by atoms with Gasteiger partial charge in [-0.3, -0.25) is 9.59 Å². The minimum absolute atomic E-state index is 0.0422. The summed E-state index contributed by atoms with van der Waals surface area (Å²) in [4.78, 5) is 32.3. The Balaban J connectivity index is 1.27. The summed E-state index contributed by atoms with van der Waals surface area (Å²) >= 11 is 0. The van der Waals surface area contributed by atoms with Crippen LogP contribution in [0.2, 0.25) is 0 Å². The number of aryl methyl sites for hydroxylation is 2. The van der Waals surface area contributed by atoms with Crippen LogP contribution in [-0.2, 0) is 4.79 Å². The fourth-order valence-electron chi connectivity index (χ4n) is 7.64. The SMILES string of the molecule is Cc1ccc(NC(=O)C2CCCN(C(=O)c3c(C)cccc3F)C2[C@@H]2C=CC(NC3CCCC3)=CC2)cc1N1CCCC1. The molecule has 228 valence electrons. The largest absolute Gasteiger partial charge is 0.383 e. The zero-order valence-corrected chi connectivity index (χ0v) is 25.6. The summed E-state index contributed by atoms with van der Waals surface area (Å²) in [5.74, 6) is -1.35. The number of nitrogens with zero attached hydrogens (tertiary/aromatic N) is 2.